The molecule has 1 aliphatic rings. The summed E-state index contributed by atoms with van der Waals surface area (Å²) in [6.45, 7) is 7.71. The van der Waals surface area contributed by atoms with Gasteiger partial charge in [-0.1, -0.05) is 19.1 Å². The average Bonchev–Trinajstić information content (AvgIpc) is 2.43. The van der Waals surface area contributed by atoms with Crippen LogP contribution in [0.2, 0.25) is 0 Å². The van der Waals surface area contributed by atoms with Crippen LogP contribution in [-0.4, -0.2) is 27.9 Å². The van der Waals surface area contributed by atoms with Crippen LogP contribution in [0.4, 0.5) is 5.69 Å². The van der Waals surface area contributed by atoms with Crippen LogP contribution >= 0.6 is 0 Å². The highest BCUT2D eigenvalue weighted by Gasteiger charge is 2.29. The lowest BCUT2D eigenvalue weighted by Crippen LogP contribution is -2.48. The van der Waals surface area contributed by atoms with Crippen LogP contribution in [0, 0.1) is 0 Å². The third-order valence-corrected chi connectivity index (χ3v) is 3.57. The Bertz CT molecular complexity index is 523. The SMILES string of the molecule is CCC(Oc1cccc2c1NC(=O)CC2)N(O)C(C)(C)C. The maximum absolute atomic E-state index is 11.6. The molecule has 1 aromatic rings. The zero-order chi connectivity index (χ0) is 15.6. The molecule has 5 heteroatoms. The Kier molecular flexibility index (Phi) is 4.54. The lowest BCUT2D eigenvalue weighted by atomic mass is 10.0. The average molecular weight is 292 g/mol. The minimum atomic E-state index is -0.463. The summed E-state index contributed by atoms with van der Waals surface area (Å²) >= 11 is 0. The summed E-state index contributed by atoms with van der Waals surface area (Å²) < 4.78 is 5.96. The first-order valence-corrected chi connectivity index (χ1v) is 7.39. The monoisotopic (exact) mass is 292 g/mol. The van der Waals surface area contributed by atoms with Crippen molar-refractivity contribution in [1.82, 2.24) is 5.06 Å². The molecule has 0 fully saturated rings. The number of fused-ring (bicyclic) bond motifs is 1. The number of benzene rings is 1. The number of para-hydroxylation sites is 1. The quantitative estimate of drug-likeness (QED) is 0.661. The predicted molar refractivity (Wildman–Crippen MR) is 81.5 cm³/mol. The maximum Gasteiger partial charge on any atom is 0.224 e. The molecule has 21 heavy (non-hydrogen) atoms. The molecule has 5 nitrogen and oxygen atoms in total. The number of amides is 1. The van der Waals surface area contributed by atoms with Gasteiger partial charge in [-0.05, 0) is 45.2 Å². The van der Waals surface area contributed by atoms with Crippen LogP contribution in [0.1, 0.15) is 46.1 Å². The third kappa shape index (κ3) is 3.54. The van der Waals surface area contributed by atoms with Gasteiger partial charge in [0, 0.05) is 12.0 Å². The second-order valence-electron chi connectivity index (χ2n) is 6.33. The Hall–Kier alpha value is -1.59. The molecule has 1 aliphatic heterocycles. The van der Waals surface area contributed by atoms with Crippen molar-refractivity contribution in [3.8, 4) is 5.75 Å². The standard InChI is InChI=1S/C16H24N2O3/c1-5-14(18(20)16(2,3)4)21-12-8-6-7-11-9-10-13(19)17-15(11)12/h6-8,14,20H,5,9-10H2,1-4H3,(H,17,19). The van der Waals surface area contributed by atoms with Gasteiger partial charge in [0.2, 0.25) is 5.91 Å². The number of hydrogen-bond acceptors (Lipinski definition) is 4. The number of ether oxygens (including phenoxy) is 1. The number of carbonyl (C=O) groups is 1. The summed E-state index contributed by atoms with van der Waals surface area (Å²) in [5, 5.41) is 14.4. The molecule has 0 spiro atoms. The van der Waals surface area contributed by atoms with Crippen molar-refractivity contribution in [3.05, 3.63) is 23.8 Å². The summed E-state index contributed by atoms with van der Waals surface area (Å²) in [5.74, 6) is 0.610. The van der Waals surface area contributed by atoms with E-state index in [9.17, 15) is 10.0 Å². The molecule has 2 N–H and O–H groups in total. The summed E-state index contributed by atoms with van der Waals surface area (Å²) in [6.07, 6.45) is 1.39. The summed E-state index contributed by atoms with van der Waals surface area (Å²) in [5.41, 5.74) is 1.38. The lowest BCUT2D eigenvalue weighted by Gasteiger charge is -2.36. The molecule has 1 aromatic carbocycles. The van der Waals surface area contributed by atoms with E-state index in [4.69, 9.17) is 4.74 Å². The Morgan fingerprint density at radius 2 is 2.10 bits per heavy atom. The lowest BCUT2D eigenvalue weighted by molar-refractivity contribution is -0.235. The van der Waals surface area contributed by atoms with Crippen LogP contribution in [0.3, 0.4) is 0 Å². The van der Waals surface area contributed by atoms with Gasteiger partial charge >= 0.3 is 0 Å². The van der Waals surface area contributed by atoms with E-state index in [2.05, 4.69) is 5.32 Å². The first kappa shape index (κ1) is 15.8. The highest BCUT2D eigenvalue weighted by Crippen LogP contribution is 2.34. The number of hydrogen-bond donors (Lipinski definition) is 2. The van der Waals surface area contributed by atoms with Gasteiger partial charge in [0.05, 0.1) is 5.69 Å². The van der Waals surface area contributed by atoms with Gasteiger partial charge in [0.25, 0.3) is 0 Å². The van der Waals surface area contributed by atoms with E-state index < -0.39 is 11.8 Å². The molecule has 0 aliphatic carbocycles. The van der Waals surface area contributed by atoms with Crippen molar-refractivity contribution in [2.75, 3.05) is 5.32 Å². The number of nitrogens with one attached hydrogen (secondary N) is 1. The molecule has 0 aromatic heterocycles. The number of nitrogens with zero attached hydrogens (tertiary/aromatic N) is 1. The van der Waals surface area contributed by atoms with Gasteiger partial charge in [0.15, 0.2) is 6.23 Å². The van der Waals surface area contributed by atoms with Gasteiger partial charge in [-0.2, -0.15) is 0 Å². The molecule has 2 rings (SSSR count). The van der Waals surface area contributed by atoms with E-state index in [1.165, 1.54) is 5.06 Å². The minimum Gasteiger partial charge on any atom is -0.471 e. The summed E-state index contributed by atoms with van der Waals surface area (Å²) in [4.78, 5) is 11.6. The van der Waals surface area contributed by atoms with E-state index in [1.807, 2.05) is 45.9 Å². The van der Waals surface area contributed by atoms with Crippen LogP contribution in [-0.2, 0) is 11.2 Å². The Balaban J connectivity index is 2.24. The van der Waals surface area contributed by atoms with Gasteiger partial charge in [-0.15, -0.1) is 5.06 Å². The van der Waals surface area contributed by atoms with Crippen molar-refractivity contribution in [3.63, 3.8) is 0 Å². The number of aryl methyl sites for hydroxylation is 1. The van der Waals surface area contributed by atoms with Gasteiger partial charge in [-0.3, -0.25) is 4.79 Å². The van der Waals surface area contributed by atoms with Gasteiger partial charge in [-0.25, -0.2) is 0 Å². The van der Waals surface area contributed by atoms with Crippen LogP contribution in [0.25, 0.3) is 0 Å². The van der Waals surface area contributed by atoms with E-state index in [-0.39, 0.29) is 5.91 Å². The fraction of sp³-hybridized carbons (Fsp3) is 0.562. The first-order valence-electron chi connectivity index (χ1n) is 7.39. The third-order valence-electron chi connectivity index (χ3n) is 3.57. The number of anilines is 1. The van der Waals surface area contributed by atoms with E-state index in [0.717, 1.165) is 17.7 Å². The van der Waals surface area contributed by atoms with Gasteiger partial charge in [0.1, 0.15) is 5.75 Å². The number of carbonyl (C=O) groups excluding carboxylic acids is 1. The molecular weight excluding hydrogens is 268 g/mol. The first-order chi connectivity index (χ1) is 9.82. The normalized spacial score (nSPS) is 16.4. The second kappa shape index (κ2) is 6.03. The second-order valence-corrected chi connectivity index (χ2v) is 6.33. The largest absolute Gasteiger partial charge is 0.471 e. The molecule has 116 valence electrons. The molecule has 0 bridgehead atoms. The molecule has 0 saturated heterocycles. The minimum absolute atomic E-state index is 0.00303. The Morgan fingerprint density at radius 1 is 1.38 bits per heavy atom. The van der Waals surface area contributed by atoms with Crippen molar-refractivity contribution in [1.29, 1.82) is 0 Å². The van der Waals surface area contributed by atoms with Crippen LogP contribution in [0.5, 0.6) is 5.75 Å². The molecule has 0 radical (unpaired) electrons. The molecule has 1 amide bonds. The molecule has 0 saturated carbocycles. The maximum atomic E-state index is 11.6. The fourth-order valence-corrected chi connectivity index (χ4v) is 2.36. The highest BCUT2D eigenvalue weighted by atomic mass is 16.6. The molecule has 1 heterocycles. The molecular formula is C16H24N2O3. The van der Waals surface area contributed by atoms with E-state index >= 15 is 0 Å². The topological polar surface area (TPSA) is 61.8 Å². The molecule has 1 atom stereocenters. The fourth-order valence-electron chi connectivity index (χ4n) is 2.36. The smallest absolute Gasteiger partial charge is 0.224 e. The number of rotatable bonds is 4. The molecule has 1 unspecified atom stereocenters. The van der Waals surface area contributed by atoms with E-state index in [0.29, 0.717) is 18.6 Å². The van der Waals surface area contributed by atoms with Crippen molar-refractivity contribution >= 4 is 11.6 Å². The zero-order valence-electron chi connectivity index (χ0n) is 13.1. The van der Waals surface area contributed by atoms with Crippen molar-refractivity contribution in [2.45, 2.75) is 58.7 Å². The van der Waals surface area contributed by atoms with Gasteiger partial charge < -0.3 is 15.3 Å². The van der Waals surface area contributed by atoms with Crippen LogP contribution < -0.4 is 10.1 Å². The predicted octanol–water partition coefficient (Wildman–Crippen LogP) is 3.18. The Morgan fingerprint density at radius 3 is 2.71 bits per heavy atom. The van der Waals surface area contributed by atoms with Crippen LogP contribution in [0.15, 0.2) is 18.2 Å². The zero-order valence-corrected chi connectivity index (χ0v) is 13.1. The number of hydroxylamine groups is 2. The van der Waals surface area contributed by atoms with Crippen molar-refractivity contribution in [2.24, 2.45) is 0 Å². The van der Waals surface area contributed by atoms with Crippen molar-refractivity contribution < 1.29 is 14.7 Å². The summed E-state index contributed by atoms with van der Waals surface area (Å²) in [7, 11) is 0. The highest BCUT2D eigenvalue weighted by molar-refractivity contribution is 5.95. The Labute approximate surface area is 125 Å². The summed E-state index contributed by atoms with van der Waals surface area (Å²) in [6, 6.07) is 5.73. The van der Waals surface area contributed by atoms with E-state index in [1.54, 1.807) is 0 Å².